The number of methoxy groups -OCH3 is 1. The number of fused-ring (bicyclic) bond motifs is 1. The van der Waals surface area contributed by atoms with Crippen LogP contribution in [0.2, 0.25) is 0 Å². The standard InChI is InChI=1S/C32H38O14/c1-13(2)5-10-17-18(33)11-19(34)21-24(38)29(27(44-28(17)21)15-6-8-16(41-4)9-7-15)45-32-30(25(39)22(36)14(3)43-32)46-31-26(40)23(37)20(35)12-42-31/h5-9,11,14,20,22-23,25-26,30-37,39-40H,10,12H2,1-4H3/t14-,20+,22-,23-,25+,26+,30+,31+,32-/m1/s1. The molecule has 0 aliphatic carbocycles. The molecule has 3 heterocycles. The molecule has 14 nitrogen and oxygen atoms in total. The van der Waals surface area contributed by atoms with Gasteiger partial charge in [-0.15, -0.1) is 0 Å². The SMILES string of the molecule is COc1ccc(-c2oc3c(CC=C(C)C)c(O)cc(O)c3c(=O)c2O[C@H]2O[C@H](C)[C@@H](O)[C@H](O)[C@@H]2O[C@@H]2OC[C@H](O)[C@@H](O)[C@@H]2O)cc1. The van der Waals surface area contributed by atoms with E-state index < -0.39 is 78.8 Å². The van der Waals surface area contributed by atoms with Crippen molar-refractivity contribution in [1.29, 1.82) is 0 Å². The maximum absolute atomic E-state index is 14.2. The summed E-state index contributed by atoms with van der Waals surface area (Å²) in [7, 11) is 1.48. The Bertz CT molecular complexity index is 1630. The maximum Gasteiger partial charge on any atom is 0.239 e. The smallest absolute Gasteiger partial charge is 0.239 e. The van der Waals surface area contributed by atoms with E-state index in [1.807, 2.05) is 19.9 Å². The minimum absolute atomic E-state index is 0.0920. The third-order valence-electron chi connectivity index (χ3n) is 8.01. The monoisotopic (exact) mass is 646 g/mol. The Balaban J connectivity index is 1.65. The highest BCUT2D eigenvalue weighted by Gasteiger charge is 2.49. The normalized spacial score (nSPS) is 29.8. The van der Waals surface area contributed by atoms with Crippen LogP contribution in [0.1, 0.15) is 26.3 Å². The van der Waals surface area contributed by atoms with Crippen LogP contribution in [0.3, 0.4) is 0 Å². The first-order valence-electron chi connectivity index (χ1n) is 14.6. The topological polar surface area (TPSA) is 218 Å². The molecule has 5 rings (SSSR count). The van der Waals surface area contributed by atoms with Crippen LogP contribution in [0, 0.1) is 0 Å². The van der Waals surface area contributed by atoms with Crippen LogP contribution >= 0.6 is 0 Å². The molecule has 7 N–H and O–H groups in total. The van der Waals surface area contributed by atoms with Crippen molar-refractivity contribution >= 4 is 11.0 Å². The Morgan fingerprint density at radius 2 is 1.65 bits per heavy atom. The van der Waals surface area contributed by atoms with Crippen LogP contribution in [0.15, 0.2) is 51.2 Å². The zero-order valence-corrected chi connectivity index (χ0v) is 25.6. The molecule has 0 bridgehead atoms. The summed E-state index contributed by atoms with van der Waals surface area (Å²) in [6.07, 6.45) is -11.9. The van der Waals surface area contributed by atoms with Gasteiger partial charge in [-0.05, 0) is 51.5 Å². The van der Waals surface area contributed by atoms with Gasteiger partial charge in [0.05, 0.1) is 19.8 Å². The third kappa shape index (κ3) is 6.43. The van der Waals surface area contributed by atoms with Crippen molar-refractivity contribution in [3.8, 4) is 34.3 Å². The summed E-state index contributed by atoms with van der Waals surface area (Å²) in [6, 6.07) is 7.42. The second kappa shape index (κ2) is 13.6. The Morgan fingerprint density at radius 1 is 0.957 bits per heavy atom. The van der Waals surface area contributed by atoms with Gasteiger partial charge < -0.3 is 63.8 Å². The lowest BCUT2D eigenvalue weighted by Gasteiger charge is -2.44. The largest absolute Gasteiger partial charge is 0.507 e. The maximum atomic E-state index is 14.2. The van der Waals surface area contributed by atoms with Gasteiger partial charge in [-0.3, -0.25) is 4.79 Å². The van der Waals surface area contributed by atoms with E-state index in [1.165, 1.54) is 14.0 Å². The molecule has 3 aromatic rings. The van der Waals surface area contributed by atoms with Crippen molar-refractivity contribution in [2.45, 2.75) is 82.5 Å². The van der Waals surface area contributed by atoms with Crippen LogP contribution in [0.4, 0.5) is 0 Å². The van der Waals surface area contributed by atoms with Crippen LogP contribution in [0.25, 0.3) is 22.3 Å². The van der Waals surface area contributed by atoms with E-state index >= 15 is 0 Å². The molecule has 2 fully saturated rings. The van der Waals surface area contributed by atoms with Gasteiger partial charge in [0, 0.05) is 17.2 Å². The second-order valence-electron chi connectivity index (χ2n) is 11.6. The van der Waals surface area contributed by atoms with Crippen molar-refractivity contribution in [3.05, 3.63) is 57.8 Å². The molecule has 2 aliphatic rings. The van der Waals surface area contributed by atoms with Gasteiger partial charge in [-0.1, -0.05) is 11.6 Å². The van der Waals surface area contributed by atoms with E-state index in [2.05, 4.69) is 0 Å². The summed E-state index contributed by atoms with van der Waals surface area (Å²) < 4.78 is 34.5. The lowest BCUT2D eigenvalue weighted by atomic mass is 9.99. The first-order valence-corrected chi connectivity index (χ1v) is 14.6. The van der Waals surface area contributed by atoms with E-state index in [1.54, 1.807) is 24.3 Å². The molecule has 2 aliphatic heterocycles. The number of hydrogen-bond donors (Lipinski definition) is 7. The fourth-order valence-corrected chi connectivity index (χ4v) is 5.32. The fraction of sp³-hybridized carbons (Fsp3) is 0.469. The lowest BCUT2D eigenvalue weighted by Crippen LogP contribution is -2.62. The number of phenolic OH excluding ortho intramolecular Hbond substituents is 2. The summed E-state index contributed by atoms with van der Waals surface area (Å²) in [5.74, 6) is -0.982. The van der Waals surface area contributed by atoms with Crippen molar-refractivity contribution in [1.82, 2.24) is 0 Å². The highest BCUT2D eigenvalue weighted by molar-refractivity contribution is 5.91. The van der Waals surface area contributed by atoms with E-state index in [9.17, 15) is 40.5 Å². The summed E-state index contributed by atoms with van der Waals surface area (Å²) in [5.41, 5.74) is 0.550. The number of aliphatic hydroxyl groups is 5. The van der Waals surface area contributed by atoms with Gasteiger partial charge in [-0.25, -0.2) is 0 Å². The van der Waals surface area contributed by atoms with Gasteiger partial charge in [0.15, 0.2) is 18.2 Å². The fourth-order valence-electron chi connectivity index (χ4n) is 5.32. The number of aromatic hydroxyl groups is 2. The Hall–Kier alpha value is -3.73. The molecular weight excluding hydrogens is 608 g/mol. The first-order chi connectivity index (χ1) is 21.8. The summed E-state index contributed by atoms with van der Waals surface area (Å²) in [5, 5.41) is 73.3. The van der Waals surface area contributed by atoms with Crippen molar-refractivity contribution in [2.75, 3.05) is 13.7 Å². The molecule has 0 radical (unpaired) electrons. The number of hydrogen-bond acceptors (Lipinski definition) is 14. The molecular formula is C32H38O14. The molecule has 0 spiro atoms. The molecule has 2 aromatic carbocycles. The minimum atomic E-state index is -1.75. The van der Waals surface area contributed by atoms with Crippen molar-refractivity contribution in [2.24, 2.45) is 0 Å². The molecule has 14 heteroatoms. The summed E-state index contributed by atoms with van der Waals surface area (Å²) >= 11 is 0. The molecule has 1 aromatic heterocycles. The van der Waals surface area contributed by atoms with E-state index in [0.29, 0.717) is 11.3 Å². The number of allylic oxidation sites excluding steroid dienone is 2. The van der Waals surface area contributed by atoms with Crippen molar-refractivity contribution in [3.63, 3.8) is 0 Å². The van der Waals surface area contributed by atoms with Gasteiger partial charge in [0.2, 0.25) is 17.5 Å². The molecule has 0 amide bonds. The predicted molar refractivity (Wildman–Crippen MR) is 161 cm³/mol. The van der Waals surface area contributed by atoms with Gasteiger partial charge in [0.25, 0.3) is 0 Å². The predicted octanol–water partition coefficient (Wildman–Crippen LogP) is 1.06. The number of benzene rings is 2. The van der Waals surface area contributed by atoms with Gasteiger partial charge in [-0.2, -0.15) is 0 Å². The van der Waals surface area contributed by atoms with Crippen LogP contribution in [0.5, 0.6) is 23.0 Å². The van der Waals surface area contributed by atoms with E-state index in [4.69, 9.17) is 28.1 Å². The lowest BCUT2D eigenvalue weighted by molar-refractivity contribution is -0.341. The summed E-state index contributed by atoms with van der Waals surface area (Å²) in [4.78, 5) is 14.2. The zero-order valence-electron chi connectivity index (χ0n) is 25.6. The third-order valence-corrected chi connectivity index (χ3v) is 8.01. The Morgan fingerprint density at radius 3 is 2.30 bits per heavy atom. The molecule has 0 unspecified atom stereocenters. The van der Waals surface area contributed by atoms with Gasteiger partial charge >= 0.3 is 0 Å². The second-order valence-corrected chi connectivity index (χ2v) is 11.6. The first kappa shape index (κ1) is 33.6. The minimum Gasteiger partial charge on any atom is -0.507 e. The molecule has 2 saturated heterocycles. The van der Waals surface area contributed by atoms with Crippen LogP contribution in [-0.4, -0.2) is 105 Å². The van der Waals surface area contributed by atoms with Crippen LogP contribution < -0.4 is 14.9 Å². The van der Waals surface area contributed by atoms with Crippen LogP contribution in [-0.2, 0) is 20.6 Å². The highest BCUT2D eigenvalue weighted by Crippen LogP contribution is 2.40. The van der Waals surface area contributed by atoms with Crippen molar-refractivity contribution < 1.29 is 63.8 Å². The molecule has 0 saturated carbocycles. The van der Waals surface area contributed by atoms with E-state index in [-0.39, 0.29) is 34.5 Å². The number of ether oxygens (including phenoxy) is 5. The molecule has 250 valence electrons. The number of rotatable bonds is 8. The average molecular weight is 647 g/mol. The average Bonchev–Trinajstić information content (AvgIpc) is 3.02. The number of aliphatic hydroxyl groups excluding tert-OH is 5. The molecule has 46 heavy (non-hydrogen) atoms. The zero-order chi connectivity index (χ0) is 33.4. The number of phenols is 2. The summed E-state index contributed by atoms with van der Waals surface area (Å²) in [6.45, 7) is 4.76. The Kier molecular flexibility index (Phi) is 9.91. The Labute approximate surface area is 263 Å². The molecule has 9 atom stereocenters. The van der Waals surface area contributed by atoms with E-state index in [0.717, 1.165) is 11.6 Å². The highest BCUT2D eigenvalue weighted by atomic mass is 16.8. The van der Waals surface area contributed by atoms with Gasteiger partial charge in [0.1, 0.15) is 58.7 Å². The quantitative estimate of drug-likeness (QED) is 0.170.